The van der Waals surface area contributed by atoms with E-state index in [4.69, 9.17) is 4.42 Å². The van der Waals surface area contributed by atoms with Gasteiger partial charge in [-0.25, -0.2) is 0 Å². The van der Waals surface area contributed by atoms with Crippen molar-refractivity contribution in [3.63, 3.8) is 0 Å². The first-order valence-corrected chi connectivity index (χ1v) is 5.90. The first-order chi connectivity index (χ1) is 8.31. The molecule has 0 atom stereocenters. The van der Waals surface area contributed by atoms with Crippen LogP contribution in [-0.4, -0.2) is 6.85 Å². The predicted molar refractivity (Wildman–Crippen MR) is 72.0 cm³/mol. The molecule has 84 valence electrons. The fraction of sp³-hybridized carbons (Fsp3) is 0.143. The summed E-state index contributed by atoms with van der Waals surface area (Å²) in [4.78, 5) is 0. The van der Waals surface area contributed by atoms with Crippen LogP contribution in [0.2, 0.25) is 0 Å². The lowest BCUT2D eigenvalue weighted by Gasteiger charge is -2.18. The van der Waals surface area contributed by atoms with E-state index in [2.05, 4.69) is 41.5 Å². The van der Waals surface area contributed by atoms with Gasteiger partial charge in [-0.2, -0.15) is 0 Å². The lowest BCUT2D eigenvalue weighted by molar-refractivity contribution is 0.499. The number of hydrogen-bond donors (Lipinski definition) is 1. The highest BCUT2D eigenvalue weighted by atomic mass is 16.3. The van der Waals surface area contributed by atoms with Crippen molar-refractivity contribution in [2.45, 2.75) is 13.2 Å². The number of para-hydroxylation sites is 1. The zero-order valence-corrected chi connectivity index (χ0v) is 9.81. The van der Waals surface area contributed by atoms with Crippen molar-refractivity contribution in [1.82, 2.24) is 0 Å². The van der Waals surface area contributed by atoms with Crippen LogP contribution < -0.4 is 5.23 Å². The molecule has 0 spiro atoms. The number of fused-ring (bicyclic) bond motifs is 1. The molecule has 1 aliphatic rings. The van der Waals surface area contributed by atoms with Crippen LogP contribution in [0.3, 0.4) is 0 Å². The summed E-state index contributed by atoms with van der Waals surface area (Å²) >= 11 is 0. The van der Waals surface area contributed by atoms with Crippen LogP contribution in [0.5, 0.6) is 0 Å². The smallest absolute Gasteiger partial charge is 0.286 e. The molecule has 0 amide bonds. The Labute approximate surface area is 101 Å². The van der Waals surface area contributed by atoms with E-state index in [1.165, 1.54) is 11.3 Å². The van der Waals surface area contributed by atoms with Crippen molar-refractivity contribution in [3.8, 4) is 0 Å². The summed E-state index contributed by atoms with van der Waals surface area (Å²) in [5, 5.41) is 3.51. The Morgan fingerprint density at radius 2 is 2.06 bits per heavy atom. The van der Waals surface area contributed by atoms with Gasteiger partial charge in [-0.15, -0.1) is 0 Å². The quantitative estimate of drug-likeness (QED) is 0.789. The van der Waals surface area contributed by atoms with E-state index in [9.17, 15) is 0 Å². The third kappa shape index (κ3) is 2.14. The second-order valence-corrected chi connectivity index (χ2v) is 4.41. The summed E-state index contributed by atoms with van der Waals surface area (Å²) in [6, 6.07) is 12.4. The summed E-state index contributed by atoms with van der Waals surface area (Å²) in [6.45, 7) is 2.29. The van der Waals surface area contributed by atoms with Gasteiger partial charge in [-0.1, -0.05) is 30.3 Å². The highest BCUT2D eigenvalue weighted by Crippen LogP contribution is 2.22. The van der Waals surface area contributed by atoms with Gasteiger partial charge in [0.2, 0.25) is 0 Å². The lowest BCUT2D eigenvalue weighted by atomic mass is 9.57. The number of furan rings is 1. The van der Waals surface area contributed by atoms with Gasteiger partial charge >= 0.3 is 0 Å². The van der Waals surface area contributed by atoms with Crippen LogP contribution in [0.25, 0.3) is 6.08 Å². The largest absolute Gasteiger partial charge is 0.467 e. The molecule has 0 fully saturated rings. The molecule has 1 N–H and O–H groups in total. The Balaban J connectivity index is 1.77. The maximum Gasteiger partial charge on any atom is 0.286 e. The normalized spacial score (nSPS) is 13.4. The maximum atomic E-state index is 5.60. The molecule has 0 aliphatic carbocycles. The highest BCUT2D eigenvalue weighted by molar-refractivity contribution is 6.68. The number of hydrogen-bond acceptors (Lipinski definition) is 2. The Kier molecular flexibility index (Phi) is 2.52. The molecule has 0 unspecified atom stereocenters. The minimum Gasteiger partial charge on any atom is -0.467 e. The molecule has 2 aromatic rings. The van der Waals surface area contributed by atoms with Crippen LogP contribution in [0, 0.1) is 6.92 Å². The summed E-state index contributed by atoms with van der Waals surface area (Å²) in [5.74, 6) is 4.20. The summed E-state index contributed by atoms with van der Waals surface area (Å²) in [5.41, 5.74) is 2.45. The molecule has 1 aromatic heterocycles. The van der Waals surface area contributed by atoms with E-state index >= 15 is 0 Å². The molecule has 0 bridgehead atoms. The topological polar surface area (TPSA) is 25.2 Å². The van der Waals surface area contributed by atoms with E-state index < -0.39 is 0 Å². The first kappa shape index (κ1) is 10.3. The van der Waals surface area contributed by atoms with E-state index in [1.54, 1.807) is 0 Å². The number of aryl methyl sites for hydroxylation is 1. The molecule has 0 saturated carbocycles. The van der Waals surface area contributed by atoms with Crippen LogP contribution in [0.4, 0.5) is 5.69 Å². The summed E-state index contributed by atoms with van der Waals surface area (Å²) < 4.78 is 5.60. The number of rotatable bonds is 2. The van der Waals surface area contributed by atoms with Crippen LogP contribution >= 0.6 is 0 Å². The van der Waals surface area contributed by atoms with Gasteiger partial charge in [0, 0.05) is 12.0 Å². The van der Waals surface area contributed by atoms with Gasteiger partial charge in [0.1, 0.15) is 5.76 Å². The van der Waals surface area contributed by atoms with Crippen molar-refractivity contribution in [2.75, 3.05) is 5.23 Å². The Morgan fingerprint density at radius 3 is 2.88 bits per heavy atom. The summed E-state index contributed by atoms with van der Waals surface area (Å²) in [6.07, 6.45) is 3.06. The van der Waals surface area contributed by atoms with Crippen LogP contribution in [0.1, 0.15) is 17.1 Å². The van der Waals surface area contributed by atoms with E-state index in [1.807, 2.05) is 19.1 Å². The Bertz CT molecular complexity index is 559. The fourth-order valence-corrected chi connectivity index (χ4v) is 2.17. The molecular formula is C14H14BNO. The van der Waals surface area contributed by atoms with Crippen LogP contribution in [-0.2, 0) is 6.32 Å². The third-order valence-electron chi connectivity index (χ3n) is 3.03. The maximum absolute atomic E-state index is 5.60. The van der Waals surface area contributed by atoms with Gasteiger partial charge in [-0.05, 0) is 30.7 Å². The molecular weight excluding hydrogens is 209 g/mol. The molecule has 17 heavy (non-hydrogen) atoms. The first-order valence-electron chi connectivity index (χ1n) is 5.90. The molecule has 3 rings (SSSR count). The Hall–Kier alpha value is -1.90. The van der Waals surface area contributed by atoms with Gasteiger partial charge in [0.05, 0.1) is 5.76 Å². The molecule has 1 aromatic carbocycles. The molecule has 2 nitrogen and oxygen atoms in total. The zero-order valence-electron chi connectivity index (χ0n) is 9.81. The van der Waals surface area contributed by atoms with Gasteiger partial charge in [0.25, 0.3) is 6.85 Å². The SMILES string of the molecule is Cc1ccc(CB2C=Cc3ccccc3N2)o1. The van der Waals surface area contributed by atoms with Crippen LogP contribution in [0.15, 0.2) is 46.8 Å². The zero-order chi connectivity index (χ0) is 11.7. The standard InChI is InChI=1S/C14H14BNO/c1-11-6-7-13(17-11)10-15-9-8-12-4-2-3-5-14(12)16-15/h2-9,16H,10H2,1H3. The molecule has 3 heteroatoms. The monoisotopic (exact) mass is 223 g/mol. The van der Waals surface area contributed by atoms with E-state index in [0.29, 0.717) is 6.85 Å². The number of nitrogens with one attached hydrogen (secondary N) is 1. The molecule has 2 heterocycles. The average Bonchev–Trinajstić information content (AvgIpc) is 2.75. The van der Waals surface area contributed by atoms with E-state index in [0.717, 1.165) is 17.8 Å². The van der Waals surface area contributed by atoms with Gasteiger partial charge in [0.15, 0.2) is 0 Å². The minimum absolute atomic E-state index is 0.315. The van der Waals surface area contributed by atoms with Gasteiger partial charge < -0.3 is 9.64 Å². The number of anilines is 1. The summed E-state index contributed by atoms with van der Waals surface area (Å²) in [7, 11) is 0. The lowest BCUT2D eigenvalue weighted by Crippen LogP contribution is -2.28. The van der Waals surface area contributed by atoms with Crippen molar-refractivity contribution >= 4 is 18.6 Å². The van der Waals surface area contributed by atoms with E-state index in [-0.39, 0.29) is 0 Å². The molecule has 0 saturated heterocycles. The van der Waals surface area contributed by atoms with Crippen molar-refractivity contribution in [2.24, 2.45) is 0 Å². The molecule has 1 aliphatic heterocycles. The van der Waals surface area contributed by atoms with Crippen molar-refractivity contribution in [1.29, 1.82) is 0 Å². The third-order valence-corrected chi connectivity index (χ3v) is 3.03. The average molecular weight is 223 g/mol. The van der Waals surface area contributed by atoms with Gasteiger partial charge in [-0.3, -0.25) is 0 Å². The highest BCUT2D eigenvalue weighted by Gasteiger charge is 2.18. The number of benzene rings is 1. The Morgan fingerprint density at radius 1 is 1.18 bits per heavy atom. The second-order valence-electron chi connectivity index (χ2n) is 4.41. The fourth-order valence-electron chi connectivity index (χ4n) is 2.17. The van der Waals surface area contributed by atoms with Crippen molar-refractivity contribution < 1.29 is 4.42 Å². The second kappa shape index (κ2) is 4.17. The minimum atomic E-state index is 0.315. The molecule has 0 radical (unpaired) electrons. The van der Waals surface area contributed by atoms with Crippen molar-refractivity contribution in [3.05, 3.63) is 59.5 Å². The predicted octanol–water partition coefficient (Wildman–Crippen LogP) is 3.34.